The van der Waals surface area contributed by atoms with Crippen LogP contribution < -0.4 is 10.6 Å². The van der Waals surface area contributed by atoms with Gasteiger partial charge in [0.2, 0.25) is 5.91 Å². The zero-order chi connectivity index (χ0) is 31.6. The smallest absolute Gasteiger partial charge is 0.326 e. The molecule has 2 amide bonds. The largest absolute Gasteiger partial charge is 0.480 e. The topological polar surface area (TPSA) is 137 Å². The lowest BCUT2D eigenvalue weighted by Crippen LogP contribution is -2.54. The number of amides is 2. The van der Waals surface area contributed by atoms with Gasteiger partial charge in [0.15, 0.2) is 6.61 Å². The van der Waals surface area contributed by atoms with Crippen LogP contribution in [0, 0.1) is 46.8 Å². The molecule has 3 fully saturated rings. The SMILES string of the molecule is C#C[C@@]1(O)CC[C@H]2[C@@H]3CCC4=C/C(=N/OCC(=O)N[C@H](C(=O)N[C@@H](CCSC)C(=O)O)C(C)C)CC[C@]4(C)[C@H]3CC[C@@]21C. The Kier molecular flexibility index (Phi) is 10.3. The summed E-state index contributed by atoms with van der Waals surface area (Å²) in [5.41, 5.74) is 1.09. The summed E-state index contributed by atoms with van der Waals surface area (Å²) in [4.78, 5) is 42.5. The lowest BCUT2D eigenvalue weighted by Gasteiger charge is -2.58. The Morgan fingerprint density at radius 1 is 1.14 bits per heavy atom. The second-order valence-electron chi connectivity index (χ2n) is 13.8. The van der Waals surface area contributed by atoms with Gasteiger partial charge in [0.1, 0.15) is 17.7 Å². The lowest BCUT2D eigenvalue weighted by molar-refractivity contribution is -0.142. The fourth-order valence-electron chi connectivity index (χ4n) is 8.57. The number of thioether (sulfide) groups is 1. The van der Waals surface area contributed by atoms with Gasteiger partial charge >= 0.3 is 5.97 Å². The zero-order valence-corrected chi connectivity index (χ0v) is 27.1. The van der Waals surface area contributed by atoms with Gasteiger partial charge in [-0.2, -0.15) is 11.8 Å². The minimum Gasteiger partial charge on any atom is -0.480 e. The molecule has 3 saturated carbocycles. The van der Waals surface area contributed by atoms with Crippen molar-refractivity contribution < 1.29 is 29.4 Å². The van der Waals surface area contributed by atoms with Crippen molar-refractivity contribution in [3.8, 4) is 12.3 Å². The summed E-state index contributed by atoms with van der Waals surface area (Å²) < 4.78 is 0. The van der Waals surface area contributed by atoms with E-state index >= 15 is 0 Å². The van der Waals surface area contributed by atoms with E-state index < -0.39 is 35.5 Å². The van der Waals surface area contributed by atoms with E-state index in [1.54, 1.807) is 13.8 Å². The van der Waals surface area contributed by atoms with Crippen molar-refractivity contribution in [1.29, 1.82) is 0 Å². The van der Waals surface area contributed by atoms with Crippen molar-refractivity contribution in [2.75, 3.05) is 18.6 Å². The molecule has 4 N–H and O–H groups in total. The molecule has 0 unspecified atom stereocenters. The minimum absolute atomic E-state index is 0.0823. The number of terminal acetylenes is 1. The van der Waals surface area contributed by atoms with E-state index in [0.717, 1.165) is 50.7 Å². The molecular weight excluding hydrogens is 566 g/mol. The first-order chi connectivity index (χ1) is 20.3. The third-order valence-corrected chi connectivity index (χ3v) is 11.9. The van der Waals surface area contributed by atoms with Crippen LogP contribution >= 0.6 is 11.8 Å². The number of aliphatic carboxylic acids is 1. The highest BCUT2D eigenvalue weighted by atomic mass is 32.2. The summed E-state index contributed by atoms with van der Waals surface area (Å²) in [6.45, 7) is 7.84. The van der Waals surface area contributed by atoms with Crippen molar-refractivity contribution in [1.82, 2.24) is 10.6 Å². The van der Waals surface area contributed by atoms with Crippen LogP contribution in [0.5, 0.6) is 0 Å². The van der Waals surface area contributed by atoms with Crippen LogP contribution in [0.3, 0.4) is 0 Å². The molecule has 0 heterocycles. The molecule has 0 radical (unpaired) electrons. The molecule has 0 saturated heterocycles. The molecule has 4 aliphatic rings. The van der Waals surface area contributed by atoms with Crippen LogP contribution in [-0.4, -0.2) is 70.0 Å². The summed E-state index contributed by atoms with van der Waals surface area (Å²) in [7, 11) is 0. The van der Waals surface area contributed by atoms with E-state index in [0.29, 0.717) is 36.3 Å². The molecule has 9 nitrogen and oxygen atoms in total. The molecule has 4 aliphatic carbocycles. The summed E-state index contributed by atoms with van der Waals surface area (Å²) in [5.74, 6) is 2.55. The number of carbonyl (C=O) groups excluding carboxylic acids is 2. The Hall–Kier alpha value is -2.51. The number of hydrogen-bond donors (Lipinski definition) is 4. The van der Waals surface area contributed by atoms with Crippen molar-refractivity contribution >= 4 is 35.3 Å². The highest BCUT2D eigenvalue weighted by molar-refractivity contribution is 7.98. The number of fused-ring (bicyclic) bond motifs is 5. The molecule has 0 aliphatic heterocycles. The van der Waals surface area contributed by atoms with Gasteiger partial charge in [0, 0.05) is 5.41 Å². The third-order valence-electron chi connectivity index (χ3n) is 11.2. The van der Waals surface area contributed by atoms with Gasteiger partial charge in [0.05, 0.1) is 5.71 Å². The number of carboxylic acid groups (broad SMARTS) is 1. The average molecular weight is 616 g/mol. The number of oxime groups is 1. The number of carbonyl (C=O) groups is 3. The number of carboxylic acids is 1. The number of allylic oxidation sites excluding steroid dienone is 2. The highest BCUT2D eigenvalue weighted by Crippen LogP contribution is 2.67. The number of nitrogens with zero attached hydrogens (tertiary/aromatic N) is 1. The molecule has 43 heavy (non-hydrogen) atoms. The Balaban J connectivity index is 1.34. The van der Waals surface area contributed by atoms with Gasteiger partial charge < -0.3 is 25.7 Å². The number of rotatable bonds is 11. The summed E-state index contributed by atoms with van der Waals surface area (Å²) in [5, 5.41) is 30.2. The van der Waals surface area contributed by atoms with Gasteiger partial charge in [-0.3, -0.25) is 9.59 Å². The minimum atomic E-state index is -1.10. The van der Waals surface area contributed by atoms with Crippen LogP contribution in [0.15, 0.2) is 16.8 Å². The maximum Gasteiger partial charge on any atom is 0.326 e. The molecular formula is C33H49N3O6S. The molecule has 0 aromatic rings. The van der Waals surface area contributed by atoms with E-state index in [9.17, 15) is 24.6 Å². The predicted molar refractivity (Wildman–Crippen MR) is 168 cm³/mol. The zero-order valence-electron chi connectivity index (χ0n) is 26.3. The van der Waals surface area contributed by atoms with Gasteiger partial charge in [-0.1, -0.05) is 44.3 Å². The van der Waals surface area contributed by atoms with E-state index in [-0.39, 0.29) is 23.4 Å². The molecule has 0 bridgehead atoms. The maximum absolute atomic E-state index is 12.8. The fraction of sp³-hybridized carbons (Fsp3) is 0.758. The third kappa shape index (κ3) is 6.49. The van der Waals surface area contributed by atoms with Crippen molar-refractivity contribution in [2.24, 2.45) is 39.7 Å². The van der Waals surface area contributed by atoms with E-state index in [2.05, 4.69) is 41.6 Å². The molecule has 0 spiro atoms. The maximum atomic E-state index is 12.8. The van der Waals surface area contributed by atoms with Crippen molar-refractivity contribution in [3.05, 3.63) is 11.6 Å². The first-order valence-electron chi connectivity index (χ1n) is 15.7. The Morgan fingerprint density at radius 2 is 1.86 bits per heavy atom. The second-order valence-corrected chi connectivity index (χ2v) is 14.8. The molecule has 4 rings (SSSR count). The first kappa shape index (κ1) is 33.4. The first-order valence-corrected chi connectivity index (χ1v) is 17.1. The fourth-order valence-corrected chi connectivity index (χ4v) is 9.05. The van der Waals surface area contributed by atoms with Gasteiger partial charge in [-0.05, 0) is 105 Å². The van der Waals surface area contributed by atoms with Crippen LogP contribution in [-0.2, 0) is 19.2 Å². The summed E-state index contributed by atoms with van der Waals surface area (Å²) in [6.07, 6.45) is 17.6. The standard InChI is InChI=1S/C33H49N3O6S/c1-7-33(41)16-12-25-23-9-8-21-18-22(10-14-31(21,4)24(23)11-15-32(25,33)5)36-42-19-27(37)35-28(20(2)3)29(38)34-26(30(39)40)13-17-43-6/h1,18,20,23-26,28,41H,8-17,19H2,2-6H3,(H,34,38)(H,35,37)(H,39,40)/b36-22+/t23-,24+,25+,26+,28+,31+,32+,33-/m1/s1. The number of aliphatic hydroxyl groups is 1. The number of nitrogens with one attached hydrogen (secondary N) is 2. The van der Waals surface area contributed by atoms with Crippen molar-refractivity contribution in [2.45, 2.75) is 103 Å². The molecule has 10 heteroatoms. The van der Waals surface area contributed by atoms with Gasteiger partial charge in [-0.15, -0.1) is 6.42 Å². The second kappa shape index (κ2) is 13.2. The van der Waals surface area contributed by atoms with E-state index in [1.165, 1.54) is 17.3 Å². The molecule has 8 atom stereocenters. The van der Waals surface area contributed by atoms with Crippen LogP contribution in [0.4, 0.5) is 0 Å². The normalized spacial score (nSPS) is 35.4. The predicted octanol–water partition coefficient (Wildman–Crippen LogP) is 4.15. The van der Waals surface area contributed by atoms with Crippen LogP contribution in [0.1, 0.15) is 85.5 Å². The molecule has 238 valence electrons. The monoisotopic (exact) mass is 615 g/mol. The Morgan fingerprint density at radius 3 is 2.51 bits per heavy atom. The Labute approximate surface area is 260 Å². The van der Waals surface area contributed by atoms with Gasteiger partial charge in [0.25, 0.3) is 5.91 Å². The summed E-state index contributed by atoms with van der Waals surface area (Å²) in [6, 6.07) is -1.90. The van der Waals surface area contributed by atoms with Crippen LogP contribution in [0.25, 0.3) is 0 Å². The van der Waals surface area contributed by atoms with E-state index in [1.807, 2.05) is 6.26 Å². The molecule has 0 aromatic heterocycles. The van der Waals surface area contributed by atoms with E-state index in [4.69, 9.17) is 11.3 Å². The van der Waals surface area contributed by atoms with Crippen molar-refractivity contribution in [3.63, 3.8) is 0 Å². The summed E-state index contributed by atoms with van der Waals surface area (Å²) >= 11 is 1.50. The average Bonchev–Trinajstić information content (AvgIpc) is 3.24. The lowest BCUT2D eigenvalue weighted by atomic mass is 9.46. The quantitative estimate of drug-likeness (QED) is 0.202. The van der Waals surface area contributed by atoms with Crippen LogP contribution in [0.2, 0.25) is 0 Å². The van der Waals surface area contributed by atoms with Gasteiger partial charge in [-0.25, -0.2) is 4.79 Å². The molecule has 0 aromatic carbocycles. The highest BCUT2D eigenvalue weighted by Gasteiger charge is 2.63. The number of hydrogen-bond acceptors (Lipinski definition) is 7. The Bertz CT molecular complexity index is 1200.